The maximum Gasteiger partial charge on any atom is 0.0631 e. The molecule has 1 atom stereocenters. The minimum absolute atomic E-state index is 0.504. The molecule has 20 heavy (non-hydrogen) atoms. The Labute approximate surface area is 139 Å². The van der Waals surface area contributed by atoms with Crippen LogP contribution in [0.3, 0.4) is 0 Å². The van der Waals surface area contributed by atoms with E-state index in [4.69, 9.17) is 0 Å². The predicted octanol–water partition coefficient (Wildman–Crippen LogP) is 5.05. The van der Waals surface area contributed by atoms with Crippen molar-refractivity contribution in [2.45, 2.75) is 39.7 Å². The number of likely N-dealkylation sites (tertiary alicyclic amines) is 1. The number of nitrogens with zero attached hydrogens (tertiary/aromatic N) is 1. The van der Waals surface area contributed by atoms with E-state index in [0.29, 0.717) is 6.04 Å². The average Bonchev–Trinajstić information content (AvgIpc) is 2.42. The van der Waals surface area contributed by atoms with Gasteiger partial charge in [0.2, 0.25) is 0 Å². The van der Waals surface area contributed by atoms with Gasteiger partial charge in [-0.15, -0.1) is 0 Å². The fourth-order valence-electron chi connectivity index (χ4n) is 2.95. The van der Waals surface area contributed by atoms with E-state index in [0.717, 1.165) is 14.9 Å². The van der Waals surface area contributed by atoms with E-state index in [1.807, 2.05) is 0 Å². The van der Waals surface area contributed by atoms with Crippen LogP contribution in [0, 0.1) is 12.8 Å². The number of nitrogens with one attached hydrogen (secondary N) is 1. The van der Waals surface area contributed by atoms with E-state index >= 15 is 0 Å². The SMILES string of the molecule is CCN1CCC(C(C)Nc2c(Br)cc(C)cc2Br)CC1. The van der Waals surface area contributed by atoms with Crippen LogP contribution in [0.5, 0.6) is 0 Å². The molecule has 0 aromatic heterocycles. The average molecular weight is 404 g/mol. The van der Waals surface area contributed by atoms with Gasteiger partial charge in [0.05, 0.1) is 5.69 Å². The molecule has 1 aromatic carbocycles. The zero-order valence-electron chi connectivity index (χ0n) is 12.5. The number of aryl methyl sites for hydroxylation is 1. The molecule has 2 nitrogen and oxygen atoms in total. The highest BCUT2D eigenvalue weighted by Gasteiger charge is 2.23. The largest absolute Gasteiger partial charge is 0.380 e. The summed E-state index contributed by atoms with van der Waals surface area (Å²) in [6.45, 7) is 10.3. The lowest BCUT2D eigenvalue weighted by Gasteiger charge is -2.35. The number of benzene rings is 1. The molecule has 1 unspecified atom stereocenters. The molecule has 1 fully saturated rings. The van der Waals surface area contributed by atoms with E-state index in [2.05, 4.69) is 75.0 Å². The van der Waals surface area contributed by atoms with E-state index in [9.17, 15) is 0 Å². The first-order valence-corrected chi connectivity index (χ1v) is 9.04. The first-order valence-electron chi connectivity index (χ1n) is 7.45. The Morgan fingerprint density at radius 3 is 2.30 bits per heavy atom. The Bertz CT molecular complexity index is 431. The lowest BCUT2D eigenvalue weighted by atomic mass is 9.90. The van der Waals surface area contributed by atoms with Crippen molar-refractivity contribution in [3.63, 3.8) is 0 Å². The molecule has 1 aromatic rings. The molecule has 1 saturated heterocycles. The summed E-state index contributed by atoms with van der Waals surface area (Å²) in [5, 5.41) is 3.70. The van der Waals surface area contributed by atoms with Crippen molar-refractivity contribution in [1.82, 2.24) is 4.90 Å². The summed E-state index contributed by atoms with van der Waals surface area (Å²) in [6.07, 6.45) is 2.59. The number of hydrogen-bond acceptors (Lipinski definition) is 2. The Morgan fingerprint density at radius 2 is 1.80 bits per heavy atom. The Kier molecular flexibility index (Phi) is 5.94. The Balaban J connectivity index is 2.00. The zero-order chi connectivity index (χ0) is 14.7. The molecule has 1 heterocycles. The van der Waals surface area contributed by atoms with Crippen LogP contribution in [-0.2, 0) is 0 Å². The standard InChI is InChI=1S/C16H24Br2N2/c1-4-20-7-5-13(6-8-20)12(3)19-16-14(17)9-11(2)10-15(16)18/h9-10,12-13,19H,4-8H2,1-3H3. The van der Waals surface area contributed by atoms with Gasteiger partial charge < -0.3 is 10.2 Å². The van der Waals surface area contributed by atoms with Crippen molar-refractivity contribution >= 4 is 37.5 Å². The normalized spacial score (nSPS) is 19.1. The van der Waals surface area contributed by atoms with Crippen LogP contribution < -0.4 is 5.32 Å². The van der Waals surface area contributed by atoms with Gasteiger partial charge in [-0.1, -0.05) is 6.92 Å². The summed E-state index contributed by atoms with van der Waals surface area (Å²) in [4.78, 5) is 2.54. The fraction of sp³-hybridized carbons (Fsp3) is 0.625. The second-order valence-corrected chi connectivity index (χ2v) is 7.52. The number of hydrogen-bond donors (Lipinski definition) is 1. The molecule has 112 valence electrons. The van der Waals surface area contributed by atoms with Crippen molar-refractivity contribution in [3.8, 4) is 0 Å². The second-order valence-electron chi connectivity index (χ2n) is 5.81. The summed E-state index contributed by atoms with van der Waals surface area (Å²) in [7, 11) is 0. The molecule has 2 rings (SSSR count). The molecule has 0 aliphatic carbocycles. The predicted molar refractivity (Wildman–Crippen MR) is 94.5 cm³/mol. The first kappa shape index (κ1) is 16.3. The molecule has 1 aliphatic heterocycles. The van der Waals surface area contributed by atoms with Crippen LogP contribution in [0.1, 0.15) is 32.3 Å². The molecule has 0 radical (unpaired) electrons. The molecular weight excluding hydrogens is 380 g/mol. The van der Waals surface area contributed by atoms with Gasteiger partial charge in [0.15, 0.2) is 0 Å². The maximum absolute atomic E-state index is 3.70. The number of halogens is 2. The van der Waals surface area contributed by atoms with Crippen molar-refractivity contribution in [2.75, 3.05) is 25.0 Å². The lowest BCUT2D eigenvalue weighted by molar-refractivity contribution is 0.183. The van der Waals surface area contributed by atoms with Crippen LogP contribution in [-0.4, -0.2) is 30.6 Å². The smallest absolute Gasteiger partial charge is 0.0631 e. The van der Waals surface area contributed by atoms with Crippen LogP contribution in [0.4, 0.5) is 5.69 Å². The van der Waals surface area contributed by atoms with Crippen LogP contribution in [0.15, 0.2) is 21.1 Å². The van der Waals surface area contributed by atoms with Gasteiger partial charge in [-0.2, -0.15) is 0 Å². The third-order valence-corrected chi connectivity index (χ3v) is 5.60. The van der Waals surface area contributed by atoms with Crippen molar-refractivity contribution in [3.05, 3.63) is 26.6 Å². The highest BCUT2D eigenvalue weighted by Crippen LogP contribution is 2.34. The number of piperidine rings is 1. The maximum atomic E-state index is 3.70. The van der Waals surface area contributed by atoms with Crippen molar-refractivity contribution < 1.29 is 0 Å². The van der Waals surface area contributed by atoms with Gasteiger partial charge in [0, 0.05) is 15.0 Å². The first-order chi connectivity index (χ1) is 9.51. The summed E-state index contributed by atoms with van der Waals surface area (Å²) < 4.78 is 2.28. The molecule has 0 spiro atoms. The Morgan fingerprint density at radius 1 is 1.25 bits per heavy atom. The fourth-order valence-corrected chi connectivity index (χ4v) is 4.60. The summed E-state index contributed by atoms with van der Waals surface area (Å²) >= 11 is 7.34. The third-order valence-electron chi connectivity index (χ3n) is 4.35. The zero-order valence-corrected chi connectivity index (χ0v) is 15.7. The summed E-state index contributed by atoms with van der Waals surface area (Å²) in [6, 6.07) is 4.84. The van der Waals surface area contributed by atoms with Crippen LogP contribution in [0.25, 0.3) is 0 Å². The molecule has 1 N–H and O–H groups in total. The minimum atomic E-state index is 0.504. The molecule has 0 saturated carbocycles. The van der Waals surface area contributed by atoms with Gasteiger partial charge in [-0.3, -0.25) is 0 Å². The van der Waals surface area contributed by atoms with E-state index in [1.54, 1.807) is 0 Å². The Hall–Kier alpha value is -0.0600. The van der Waals surface area contributed by atoms with Gasteiger partial charge in [-0.05, 0) is 102 Å². The minimum Gasteiger partial charge on any atom is -0.380 e. The monoisotopic (exact) mass is 402 g/mol. The van der Waals surface area contributed by atoms with Crippen LogP contribution >= 0.6 is 31.9 Å². The topological polar surface area (TPSA) is 15.3 Å². The summed E-state index contributed by atoms with van der Waals surface area (Å²) in [5.41, 5.74) is 2.44. The lowest BCUT2D eigenvalue weighted by Crippen LogP contribution is -2.39. The van der Waals surface area contributed by atoms with Gasteiger partial charge in [0.1, 0.15) is 0 Å². The van der Waals surface area contributed by atoms with E-state index in [-0.39, 0.29) is 0 Å². The molecule has 0 bridgehead atoms. The molecular formula is C16H24Br2N2. The highest BCUT2D eigenvalue weighted by molar-refractivity contribution is 9.11. The summed E-state index contributed by atoms with van der Waals surface area (Å²) in [5.74, 6) is 0.762. The highest BCUT2D eigenvalue weighted by atomic mass is 79.9. The van der Waals surface area contributed by atoms with Gasteiger partial charge >= 0.3 is 0 Å². The van der Waals surface area contributed by atoms with E-state index < -0.39 is 0 Å². The molecule has 0 amide bonds. The number of anilines is 1. The molecule has 4 heteroatoms. The number of rotatable bonds is 4. The van der Waals surface area contributed by atoms with Crippen LogP contribution in [0.2, 0.25) is 0 Å². The third kappa shape index (κ3) is 3.99. The van der Waals surface area contributed by atoms with Crippen molar-refractivity contribution in [2.24, 2.45) is 5.92 Å². The second kappa shape index (κ2) is 7.28. The van der Waals surface area contributed by atoms with Gasteiger partial charge in [-0.25, -0.2) is 0 Å². The van der Waals surface area contributed by atoms with E-state index in [1.165, 1.54) is 43.7 Å². The quantitative estimate of drug-likeness (QED) is 0.756. The van der Waals surface area contributed by atoms with Crippen molar-refractivity contribution in [1.29, 1.82) is 0 Å². The molecule has 1 aliphatic rings. The van der Waals surface area contributed by atoms with Gasteiger partial charge in [0.25, 0.3) is 0 Å².